The van der Waals surface area contributed by atoms with Gasteiger partial charge in [-0.15, -0.1) is 0 Å². The Hall–Kier alpha value is -3.46. The summed E-state index contributed by atoms with van der Waals surface area (Å²) in [5.41, 5.74) is 1.82. The van der Waals surface area contributed by atoms with E-state index in [0.717, 1.165) is 42.6 Å². The molecule has 8 nitrogen and oxygen atoms in total. The van der Waals surface area contributed by atoms with Gasteiger partial charge >= 0.3 is 0 Å². The molecule has 0 bridgehead atoms. The Balaban J connectivity index is 1.59. The minimum Gasteiger partial charge on any atom is -0.492 e. The number of fused-ring (bicyclic) bond motifs is 1. The SMILES string of the molecule is CC(C)[C@H]1NC(=O)[C@@H](Cc2ccc(F)cc2)N[C@@H](C)COc2ccccc2CCCNC(=O)[C@H](CC2CC2)NC1=O. The van der Waals surface area contributed by atoms with E-state index in [0.29, 0.717) is 31.9 Å². The molecule has 4 atom stereocenters. The van der Waals surface area contributed by atoms with Gasteiger partial charge in [0, 0.05) is 12.6 Å². The molecule has 1 saturated carbocycles. The van der Waals surface area contributed by atoms with Crippen LogP contribution in [0.15, 0.2) is 48.5 Å². The van der Waals surface area contributed by atoms with E-state index in [9.17, 15) is 18.8 Å². The first kappa shape index (κ1) is 30.5. The molecule has 1 aliphatic heterocycles. The van der Waals surface area contributed by atoms with Gasteiger partial charge in [-0.3, -0.25) is 19.7 Å². The molecule has 0 saturated heterocycles. The van der Waals surface area contributed by atoms with Gasteiger partial charge in [0.25, 0.3) is 0 Å². The zero-order valence-electron chi connectivity index (χ0n) is 24.3. The number of nitrogens with one attached hydrogen (secondary N) is 4. The number of aryl methyl sites for hydroxylation is 1. The molecule has 41 heavy (non-hydrogen) atoms. The summed E-state index contributed by atoms with van der Waals surface area (Å²) in [7, 11) is 0. The molecular formula is C32H43FN4O4. The van der Waals surface area contributed by atoms with Crippen molar-refractivity contribution < 1.29 is 23.5 Å². The first-order chi connectivity index (χ1) is 19.7. The minimum absolute atomic E-state index is 0.200. The van der Waals surface area contributed by atoms with Crippen molar-refractivity contribution in [2.24, 2.45) is 11.8 Å². The monoisotopic (exact) mass is 566 g/mol. The maximum Gasteiger partial charge on any atom is 0.243 e. The van der Waals surface area contributed by atoms with E-state index in [2.05, 4.69) is 21.3 Å². The van der Waals surface area contributed by atoms with Gasteiger partial charge in [0.1, 0.15) is 30.3 Å². The highest BCUT2D eigenvalue weighted by atomic mass is 19.1. The summed E-state index contributed by atoms with van der Waals surface area (Å²) in [6.45, 7) is 6.47. The first-order valence-electron chi connectivity index (χ1n) is 14.8. The standard InChI is InChI=1S/C32H43FN4O4/c1-20(2)29-32(40)36-26(17-22-10-11-22)30(38)34-16-6-8-24-7-4-5-9-28(24)41-19-21(3)35-27(31(39)37-29)18-23-12-14-25(33)15-13-23/h4-5,7,9,12-15,20-22,26-27,29,35H,6,8,10-11,16-19H2,1-3H3,(H,34,38)(H,36,40)(H,37,39)/t21-,26-,27+,29+/m0/s1. The van der Waals surface area contributed by atoms with Gasteiger partial charge in [0.2, 0.25) is 17.7 Å². The summed E-state index contributed by atoms with van der Waals surface area (Å²) in [4.78, 5) is 40.3. The van der Waals surface area contributed by atoms with E-state index in [1.165, 1.54) is 12.1 Å². The molecule has 3 amide bonds. The number of carbonyl (C=O) groups is 3. The Kier molecular flexibility index (Phi) is 10.7. The number of amides is 3. The molecule has 1 heterocycles. The van der Waals surface area contributed by atoms with Gasteiger partial charge in [-0.05, 0) is 73.8 Å². The van der Waals surface area contributed by atoms with Crippen LogP contribution in [0.5, 0.6) is 5.75 Å². The van der Waals surface area contributed by atoms with Crippen LogP contribution in [0.3, 0.4) is 0 Å². The van der Waals surface area contributed by atoms with Crippen LogP contribution in [-0.2, 0) is 27.2 Å². The number of benzene rings is 2. The van der Waals surface area contributed by atoms with Gasteiger partial charge in [0.05, 0.1) is 6.04 Å². The topological polar surface area (TPSA) is 109 Å². The highest BCUT2D eigenvalue weighted by Gasteiger charge is 2.34. The van der Waals surface area contributed by atoms with E-state index in [-0.39, 0.29) is 35.5 Å². The van der Waals surface area contributed by atoms with Crippen LogP contribution in [0.1, 0.15) is 57.6 Å². The summed E-state index contributed by atoms with van der Waals surface area (Å²) in [5.74, 6) is -0.288. The fourth-order valence-corrected chi connectivity index (χ4v) is 5.12. The number of rotatable bonds is 5. The van der Waals surface area contributed by atoms with E-state index in [4.69, 9.17) is 4.74 Å². The number of ether oxygens (including phenoxy) is 1. The Bertz CT molecular complexity index is 1180. The van der Waals surface area contributed by atoms with Crippen molar-refractivity contribution in [1.29, 1.82) is 0 Å². The second-order valence-corrected chi connectivity index (χ2v) is 11.7. The summed E-state index contributed by atoms with van der Waals surface area (Å²) in [6, 6.07) is 11.5. The van der Waals surface area contributed by atoms with Gasteiger partial charge in [0.15, 0.2) is 0 Å². The Morgan fingerprint density at radius 1 is 0.927 bits per heavy atom. The molecule has 4 rings (SSSR count). The second-order valence-electron chi connectivity index (χ2n) is 11.7. The third kappa shape index (κ3) is 9.28. The third-order valence-electron chi connectivity index (χ3n) is 7.68. The largest absolute Gasteiger partial charge is 0.492 e. The number of para-hydroxylation sites is 1. The molecule has 1 aliphatic carbocycles. The lowest BCUT2D eigenvalue weighted by atomic mass is 9.99. The predicted molar refractivity (Wildman–Crippen MR) is 156 cm³/mol. The number of hydrogen-bond acceptors (Lipinski definition) is 5. The van der Waals surface area contributed by atoms with Crippen molar-refractivity contribution >= 4 is 17.7 Å². The fraction of sp³-hybridized carbons (Fsp3) is 0.531. The summed E-state index contributed by atoms with van der Waals surface area (Å²) >= 11 is 0. The van der Waals surface area contributed by atoms with Gasteiger partial charge in [-0.25, -0.2) is 4.39 Å². The van der Waals surface area contributed by atoms with Crippen LogP contribution in [0, 0.1) is 17.7 Å². The normalized spacial score (nSPS) is 25.1. The molecule has 0 spiro atoms. The molecule has 4 N–H and O–H groups in total. The zero-order valence-corrected chi connectivity index (χ0v) is 24.3. The van der Waals surface area contributed by atoms with Crippen molar-refractivity contribution in [2.45, 2.75) is 83.5 Å². The van der Waals surface area contributed by atoms with E-state index < -0.39 is 18.1 Å². The van der Waals surface area contributed by atoms with Crippen molar-refractivity contribution in [3.8, 4) is 5.75 Å². The van der Waals surface area contributed by atoms with Gasteiger partial charge < -0.3 is 20.7 Å². The highest BCUT2D eigenvalue weighted by molar-refractivity contribution is 5.93. The van der Waals surface area contributed by atoms with E-state index in [1.54, 1.807) is 12.1 Å². The van der Waals surface area contributed by atoms with Crippen LogP contribution in [0.25, 0.3) is 0 Å². The van der Waals surface area contributed by atoms with E-state index >= 15 is 0 Å². The molecule has 0 radical (unpaired) electrons. The highest BCUT2D eigenvalue weighted by Crippen LogP contribution is 2.33. The van der Waals surface area contributed by atoms with Crippen LogP contribution < -0.4 is 26.0 Å². The zero-order chi connectivity index (χ0) is 29.4. The van der Waals surface area contributed by atoms with Crippen molar-refractivity contribution in [3.05, 3.63) is 65.5 Å². The van der Waals surface area contributed by atoms with Crippen LogP contribution >= 0.6 is 0 Å². The number of halogens is 1. The molecular weight excluding hydrogens is 523 g/mol. The average molecular weight is 567 g/mol. The minimum atomic E-state index is -0.827. The molecule has 0 unspecified atom stereocenters. The van der Waals surface area contributed by atoms with Crippen LogP contribution in [-0.4, -0.2) is 55.0 Å². The van der Waals surface area contributed by atoms with Gasteiger partial charge in [-0.1, -0.05) is 57.0 Å². The maximum absolute atomic E-state index is 13.7. The lowest BCUT2D eigenvalue weighted by Gasteiger charge is -2.29. The molecule has 0 aromatic heterocycles. The average Bonchev–Trinajstić information content (AvgIpc) is 3.77. The molecule has 2 aliphatic rings. The smallest absolute Gasteiger partial charge is 0.243 e. The summed E-state index contributed by atoms with van der Waals surface area (Å²) in [6.07, 6.45) is 4.44. The quantitative estimate of drug-likeness (QED) is 0.444. The van der Waals surface area contributed by atoms with E-state index in [1.807, 2.05) is 45.0 Å². The lowest BCUT2D eigenvalue weighted by molar-refractivity contribution is -0.133. The Labute approximate surface area is 242 Å². The number of carbonyl (C=O) groups excluding carboxylic acids is 3. The second kappa shape index (κ2) is 14.4. The lowest BCUT2D eigenvalue weighted by Crippen LogP contribution is -2.59. The van der Waals surface area contributed by atoms with Crippen molar-refractivity contribution in [3.63, 3.8) is 0 Å². The fourth-order valence-electron chi connectivity index (χ4n) is 5.12. The molecule has 2 aromatic rings. The molecule has 9 heteroatoms. The molecule has 222 valence electrons. The Morgan fingerprint density at radius 2 is 1.66 bits per heavy atom. The predicted octanol–water partition coefficient (Wildman–Crippen LogP) is 3.28. The van der Waals surface area contributed by atoms with Crippen molar-refractivity contribution in [1.82, 2.24) is 21.3 Å². The Morgan fingerprint density at radius 3 is 2.37 bits per heavy atom. The maximum atomic E-state index is 13.7. The summed E-state index contributed by atoms with van der Waals surface area (Å²) < 4.78 is 19.7. The first-order valence-corrected chi connectivity index (χ1v) is 14.8. The number of hydrogen-bond donors (Lipinski definition) is 4. The molecule has 2 aromatic carbocycles. The summed E-state index contributed by atoms with van der Waals surface area (Å²) in [5, 5.41) is 12.2. The van der Waals surface area contributed by atoms with Crippen molar-refractivity contribution in [2.75, 3.05) is 13.2 Å². The van der Waals surface area contributed by atoms with Gasteiger partial charge in [-0.2, -0.15) is 0 Å². The third-order valence-corrected chi connectivity index (χ3v) is 7.68. The van der Waals surface area contributed by atoms with Crippen LogP contribution in [0.2, 0.25) is 0 Å². The van der Waals surface area contributed by atoms with Crippen LogP contribution in [0.4, 0.5) is 4.39 Å². The molecule has 1 fully saturated rings.